The third-order valence-corrected chi connectivity index (χ3v) is 3.95. The number of aliphatic hydroxyl groups excluding tert-OH is 1. The van der Waals surface area contributed by atoms with Crippen molar-refractivity contribution in [2.45, 2.75) is 26.0 Å². The zero-order chi connectivity index (χ0) is 20.7. The zero-order valence-corrected chi connectivity index (χ0v) is 15.4. The van der Waals surface area contributed by atoms with Crippen LogP contribution in [-0.2, 0) is 4.79 Å². The van der Waals surface area contributed by atoms with Crippen LogP contribution in [0.2, 0.25) is 0 Å². The number of nitrogens with one attached hydrogen (secondary N) is 2. The van der Waals surface area contributed by atoms with Gasteiger partial charge in [-0.25, -0.2) is 5.48 Å². The first-order chi connectivity index (χ1) is 13.3. The van der Waals surface area contributed by atoms with Crippen molar-refractivity contribution in [2.24, 2.45) is 0 Å². The van der Waals surface area contributed by atoms with Crippen molar-refractivity contribution in [3.05, 3.63) is 70.8 Å². The molecule has 2 atom stereocenters. The highest BCUT2D eigenvalue weighted by Crippen LogP contribution is 2.07. The molecule has 7 nitrogen and oxygen atoms in total. The molecule has 0 saturated carbocycles. The number of ketones is 1. The molecule has 0 aromatic heterocycles. The van der Waals surface area contributed by atoms with Crippen LogP contribution in [-0.4, -0.2) is 40.1 Å². The Balaban J connectivity index is 2.08. The van der Waals surface area contributed by atoms with E-state index in [1.54, 1.807) is 36.4 Å². The zero-order valence-electron chi connectivity index (χ0n) is 15.4. The van der Waals surface area contributed by atoms with Gasteiger partial charge in [0.25, 0.3) is 11.8 Å². The molecule has 0 spiro atoms. The van der Waals surface area contributed by atoms with Crippen LogP contribution in [0.1, 0.15) is 45.7 Å². The molecule has 0 heterocycles. The largest absolute Gasteiger partial charge is 0.391 e. The Morgan fingerprint density at radius 2 is 1.36 bits per heavy atom. The molecule has 0 aliphatic heterocycles. The summed E-state index contributed by atoms with van der Waals surface area (Å²) in [6.45, 7) is 2.82. The number of aliphatic hydroxyl groups is 1. The van der Waals surface area contributed by atoms with E-state index in [1.807, 2.05) is 0 Å². The highest BCUT2D eigenvalue weighted by atomic mass is 16.5. The lowest BCUT2D eigenvalue weighted by Gasteiger charge is -2.19. The van der Waals surface area contributed by atoms with Crippen LogP contribution in [0.5, 0.6) is 0 Å². The van der Waals surface area contributed by atoms with Gasteiger partial charge in [0.15, 0.2) is 5.78 Å². The Bertz CT molecular complexity index is 922. The number of hydrogen-bond acceptors (Lipinski definition) is 5. The molecule has 2 aromatic carbocycles. The maximum atomic E-state index is 12.2. The van der Waals surface area contributed by atoms with Crippen molar-refractivity contribution in [3.63, 3.8) is 0 Å². The Labute approximate surface area is 162 Å². The van der Waals surface area contributed by atoms with Crippen LogP contribution in [0.3, 0.4) is 0 Å². The quantitative estimate of drug-likeness (QED) is 0.270. The molecular formula is C21H20N2O5. The smallest absolute Gasteiger partial charge is 0.268 e. The van der Waals surface area contributed by atoms with Crippen molar-refractivity contribution in [1.29, 1.82) is 0 Å². The number of rotatable bonds is 5. The molecule has 0 aliphatic carbocycles. The Hall–Kier alpha value is -3.47. The summed E-state index contributed by atoms with van der Waals surface area (Å²) in [5.74, 6) is 4.43. The second kappa shape index (κ2) is 9.46. The van der Waals surface area contributed by atoms with Gasteiger partial charge in [-0.2, -0.15) is 0 Å². The average Bonchev–Trinajstić information content (AvgIpc) is 2.70. The topological polar surface area (TPSA) is 116 Å². The van der Waals surface area contributed by atoms with Crippen molar-refractivity contribution in [3.8, 4) is 11.8 Å². The molecular weight excluding hydrogens is 360 g/mol. The number of Topliss-reactive ketones (excluding diaryl/α,β-unsaturated/α-hetero) is 1. The molecule has 0 unspecified atom stereocenters. The number of amides is 2. The van der Waals surface area contributed by atoms with E-state index in [1.165, 1.54) is 31.5 Å². The molecule has 4 N–H and O–H groups in total. The molecule has 0 bridgehead atoms. The van der Waals surface area contributed by atoms with Crippen molar-refractivity contribution < 1.29 is 24.7 Å². The Kier molecular flexibility index (Phi) is 7.04. The SMILES string of the molecule is CC(=O)c1ccc(C#Cc2ccc(C(=O)N[C@H](C(=O)NO)[C@@H](C)O)cc2)cc1. The molecule has 144 valence electrons. The van der Waals surface area contributed by atoms with Gasteiger partial charge in [-0.15, -0.1) is 0 Å². The normalized spacial score (nSPS) is 12.1. The first-order valence-electron chi connectivity index (χ1n) is 8.47. The second-order valence-corrected chi connectivity index (χ2v) is 6.13. The average molecular weight is 380 g/mol. The van der Waals surface area contributed by atoms with Gasteiger partial charge in [-0.1, -0.05) is 24.0 Å². The lowest BCUT2D eigenvalue weighted by atomic mass is 10.1. The Morgan fingerprint density at radius 1 is 0.893 bits per heavy atom. The van der Waals surface area contributed by atoms with Crippen LogP contribution >= 0.6 is 0 Å². The van der Waals surface area contributed by atoms with Gasteiger partial charge in [0, 0.05) is 22.3 Å². The van der Waals surface area contributed by atoms with Gasteiger partial charge in [0.1, 0.15) is 6.04 Å². The summed E-state index contributed by atoms with van der Waals surface area (Å²) in [4.78, 5) is 35.0. The third kappa shape index (κ3) is 5.51. The summed E-state index contributed by atoms with van der Waals surface area (Å²) in [7, 11) is 0. The van der Waals surface area contributed by atoms with E-state index in [9.17, 15) is 19.5 Å². The number of hydroxylamine groups is 1. The fraction of sp³-hybridized carbons (Fsp3) is 0.190. The predicted octanol–water partition coefficient (Wildman–Crippen LogP) is 1.27. The monoisotopic (exact) mass is 380 g/mol. The lowest BCUT2D eigenvalue weighted by molar-refractivity contribution is -0.133. The van der Waals surface area contributed by atoms with E-state index in [2.05, 4.69) is 17.2 Å². The molecule has 0 radical (unpaired) electrons. The number of carbonyl (C=O) groups excluding carboxylic acids is 3. The molecule has 7 heteroatoms. The van der Waals surface area contributed by atoms with Crippen LogP contribution in [0, 0.1) is 11.8 Å². The van der Waals surface area contributed by atoms with Gasteiger partial charge in [-0.05, 0) is 50.2 Å². The first-order valence-corrected chi connectivity index (χ1v) is 8.47. The second-order valence-electron chi connectivity index (χ2n) is 6.13. The van der Waals surface area contributed by atoms with E-state index in [0.717, 1.165) is 5.56 Å². The molecule has 28 heavy (non-hydrogen) atoms. The Morgan fingerprint density at radius 3 is 1.75 bits per heavy atom. The molecule has 0 fully saturated rings. The first kappa shape index (κ1) is 20.8. The predicted molar refractivity (Wildman–Crippen MR) is 102 cm³/mol. The maximum Gasteiger partial charge on any atom is 0.268 e. The fourth-order valence-electron chi connectivity index (χ4n) is 2.34. The van der Waals surface area contributed by atoms with Gasteiger partial charge in [0.2, 0.25) is 0 Å². The number of hydrogen-bond donors (Lipinski definition) is 4. The molecule has 2 aromatic rings. The van der Waals surface area contributed by atoms with Crippen LogP contribution in [0.25, 0.3) is 0 Å². The van der Waals surface area contributed by atoms with E-state index in [-0.39, 0.29) is 11.3 Å². The summed E-state index contributed by atoms with van der Waals surface area (Å²) in [5.41, 5.74) is 3.72. The lowest BCUT2D eigenvalue weighted by Crippen LogP contribution is -2.51. The van der Waals surface area contributed by atoms with Gasteiger partial charge < -0.3 is 10.4 Å². The van der Waals surface area contributed by atoms with Gasteiger partial charge >= 0.3 is 0 Å². The fourth-order valence-corrected chi connectivity index (χ4v) is 2.34. The van der Waals surface area contributed by atoms with Crippen molar-refractivity contribution in [2.75, 3.05) is 0 Å². The minimum Gasteiger partial charge on any atom is -0.391 e. The third-order valence-electron chi connectivity index (χ3n) is 3.95. The summed E-state index contributed by atoms with van der Waals surface area (Å²) in [6.07, 6.45) is -1.18. The number of benzene rings is 2. The molecule has 2 amide bonds. The van der Waals surface area contributed by atoms with Gasteiger partial charge in [0.05, 0.1) is 6.10 Å². The highest BCUT2D eigenvalue weighted by Gasteiger charge is 2.25. The summed E-state index contributed by atoms with van der Waals surface area (Å²) in [5, 5.41) is 20.6. The summed E-state index contributed by atoms with van der Waals surface area (Å²) >= 11 is 0. The minimum absolute atomic E-state index is 0.0114. The van der Waals surface area contributed by atoms with E-state index in [0.29, 0.717) is 11.1 Å². The van der Waals surface area contributed by atoms with E-state index < -0.39 is 24.0 Å². The number of carbonyl (C=O) groups is 3. The standard InChI is InChI=1S/C21H20N2O5/c1-13(24)17-9-5-15(6-10-17)3-4-16-7-11-18(12-8-16)20(26)22-19(14(2)25)21(27)23-28/h5-12,14,19,25,28H,1-2H3,(H,22,26)(H,23,27)/t14-,19+/m1/s1. The van der Waals surface area contributed by atoms with Crippen LogP contribution < -0.4 is 10.8 Å². The van der Waals surface area contributed by atoms with E-state index >= 15 is 0 Å². The molecule has 0 saturated heterocycles. The summed E-state index contributed by atoms with van der Waals surface area (Å²) in [6, 6.07) is 12.0. The van der Waals surface area contributed by atoms with Crippen LogP contribution in [0.15, 0.2) is 48.5 Å². The van der Waals surface area contributed by atoms with Crippen molar-refractivity contribution >= 4 is 17.6 Å². The van der Waals surface area contributed by atoms with Gasteiger partial charge in [-0.3, -0.25) is 19.6 Å². The summed E-state index contributed by atoms with van der Waals surface area (Å²) < 4.78 is 0. The molecule has 0 aliphatic rings. The minimum atomic E-state index is -1.28. The molecule has 2 rings (SSSR count). The van der Waals surface area contributed by atoms with E-state index in [4.69, 9.17) is 5.21 Å². The van der Waals surface area contributed by atoms with Crippen molar-refractivity contribution in [1.82, 2.24) is 10.8 Å². The highest BCUT2D eigenvalue weighted by molar-refractivity contribution is 5.97. The maximum absolute atomic E-state index is 12.2. The van der Waals surface area contributed by atoms with Crippen LogP contribution in [0.4, 0.5) is 0 Å².